The van der Waals surface area contributed by atoms with Crippen molar-refractivity contribution in [2.24, 2.45) is 10.7 Å². The lowest BCUT2D eigenvalue weighted by Crippen LogP contribution is -2.12. The maximum absolute atomic E-state index is 6.78. The lowest BCUT2D eigenvalue weighted by atomic mass is 9.92. The largest absolute Gasteiger partial charge is 0.306 e. The van der Waals surface area contributed by atoms with Crippen molar-refractivity contribution in [3.05, 3.63) is 217 Å². The summed E-state index contributed by atoms with van der Waals surface area (Å²) in [5.41, 5.74) is 18.6. The van der Waals surface area contributed by atoms with Crippen LogP contribution in [0.1, 0.15) is 29.3 Å². The van der Waals surface area contributed by atoms with Crippen molar-refractivity contribution in [3.63, 3.8) is 0 Å². The van der Waals surface area contributed by atoms with Crippen LogP contribution in [-0.2, 0) is 0 Å². The minimum Gasteiger partial charge on any atom is -0.306 e. The molecule has 0 aliphatic heterocycles. The first kappa shape index (κ1) is 33.9. The van der Waals surface area contributed by atoms with Gasteiger partial charge in [0, 0.05) is 23.1 Å². The molecule has 8 aromatic carbocycles. The first-order chi connectivity index (χ1) is 27.2. The molecule has 55 heavy (non-hydrogen) atoms. The van der Waals surface area contributed by atoms with Gasteiger partial charge in [0.15, 0.2) is 0 Å². The van der Waals surface area contributed by atoms with E-state index in [0.29, 0.717) is 6.42 Å². The smallest absolute Gasteiger partial charge is 0.123 e. The van der Waals surface area contributed by atoms with E-state index < -0.39 is 6.17 Å². The number of pyridine rings is 1. The Balaban J connectivity index is 1.08. The predicted octanol–water partition coefficient (Wildman–Crippen LogP) is 13.1. The number of aliphatic imine (C=N–C) groups is 1. The third-order valence-electron chi connectivity index (χ3n) is 10.3. The van der Waals surface area contributed by atoms with E-state index in [9.17, 15) is 0 Å². The van der Waals surface area contributed by atoms with Gasteiger partial charge < -0.3 is 5.73 Å². The number of nitrogens with zero attached hydrogens (tertiary/aromatic N) is 2. The quantitative estimate of drug-likeness (QED) is 0.120. The van der Waals surface area contributed by atoms with Gasteiger partial charge in [-0.1, -0.05) is 188 Å². The summed E-state index contributed by atoms with van der Waals surface area (Å²) in [6.45, 7) is 0. The molecule has 1 atom stereocenters. The summed E-state index contributed by atoms with van der Waals surface area (Å²) >= 11 is 0. The molecule has 1 heterocycles. The van der Waals surface area contributed by atoms with Gasteiger partial charge in [-0.15, -0.1) is 0 Å². The van der Waals surface area contributed by atoms with Crippen LogP contribution in [0.5, 0.6) is 0 Å². The Morgan fingerprint density at radius 1 is 0.545 bits per heavy atom. The maximum Gasteiger partial charge on any atom is 0.123 e. The number of fused-ring (bicyclic) bond motifs is 4. The highest BCUT2D eigenvalue weighted by atomic mass is 14.9. The molecule has 0 saturated carbocycles. The Labute approximate surface area is 321 Å². The van der Waals surface area contributed by atoms with Gasteiger partial charge in [-0.3, -0.25) is 4.99 Å². The van der Waals surface area contributed by atoms with Crippen molar-refractivity contribution < 1.29 is 0 Å². The van der Waals surface area contributed by atoms with Crippen molar-refractivity contribution in [2.45, 2.75) is 12.6 Å². The fraction of sp³-hybridized carbons (Fsp3) is 0.0385. The lowest BCUT2D eigenvalue weighted by molar-refractivity contribution is 0.774. The molecule has 0 radical (unpaired) electrons. The zero-order valence-electron chi connectivity index (χ0n) is 30.4. The molecule has 0 aliphatic rings. The van der Waals surface area contributed by atoms with E-state index in [1.54, 1.807) is 0 Å². The minimum atomic E-state index is -0.495. The van der Waals surface area contributed by atoms with Crippen LogP contribution in [-0.4, -0.2) is 10.7 Å². The Kier molecular flexibility index (Phi) is 9.36. The number of rotatable bonds is 9. The molecule has 1 unspecified atom stereocenters. The van der Waals surface area contributed by atoms with Gasteiger partial charge in [0.1, 0.15) is 6.17 Å². The number of hydrogen-bond acceptors (Lipinski definition) is 3. The van der Waals surface area contributed by atoms with Gasteiger partial charge in [-0.2, -0.15) is 0 Å². The van der Waals surface area contributed by atoms with Gasteiger partial charge in [0.05, 0.1) is 11.2 Å². The second kappa shape index (κ2) is 15.2. The minimum absolute atomic E-state index is 0.495. The number of benzene rings is 8. The molecule has 9 aromatic rings. The molecule has 262 valence electrons. The Hall–Kier alpha value is -6.94. The van der Waals surface area contributed by atoms with Gasteiger partial charge in [0.25, 0.3) is 0 Å². The second-order valence-corrected chi connectivity index (χ2v) is 13.9. The Bertz CT molecular complexity index is 2820. The van der Waals surface area contributed by atoms with Crippen LogP contribution in [0.2, 0.25) is 0 Å². The summed E-state index contributed by atoms with van der Waals surface area (Å²) in [5.74, 6) is 0. The van der Waals surface area contributed by atoms with E-state index in [1.807, 2.05) is 36.4 Å². The molecule has 2 N–H and O–H groups in total. The van der Waals surface area contributed by atoms with Crippen molar-refractivity contribution in [2.75, 3.05) is 0 Å². The summed E-state index contributed by atoms with van der Waals surface area (Å²) < 4.78 is 0. The van der Waals surface area contributed by atoms with Gasteiger partial charge in [-0.05, 0) is 78.7 Å². The third-order valence-corrected chi connectivity index (χ3v) is 10.3. The molecule has 0 aliphatic carbocycles. The average Bonchev–Trinajstić information content (AvgIpc) is 3.26. The first-order valence-electron chi connectivity index (χ1n) is 18.8. The van der Waals surface area contributed by atoms with E-state index in [1.165, 1.54) is 32.7 Å². The molecular weight excluding hydrogens is 667 g/mol. The molecule has 0 saturated heterocycles. The number of hydrogen-bond donors (Lipinski definition) is 1. The van der Waals surface area contributed by atoms with Gasteiger partial charge in [0.2, 0.25) is 0 Å². The molecule has 0 amide bonds. The molecule has 3 nitrogen and oxygen atoms in total. The lowest BCUT2D eigenvalue weighted by Gasteiger charge is -2.15. The van der Waals surface area contributed by atoms with Crippen molar-refractivity contribution in [3.8, 4) is 33.5 Å². The van der Waals surface area contributed by atoms with Crippen LogP contribution in [0.15, 0.2) is 205 Å². The molecule has 3 heteroatoms. The molecular formula is C52H39N3. The standard InChI is InChI=1S/C52H39N3/c53-52(55-48(41-20-8-3-9-21-41)25-12-16-36-14-4-1-5-15-36)42-29-26-37(27-30-42)43-31-28-40-32-33-49-51(46(40)34-43)47(39-17-6-2-7-18-39)35-50(54-49)45-24-13-22-38-19-10-11-23-44(38)45/h1-24,26-35,52H,25,53H2/b16-12+,55-48+. The average molecular weight is 706 g/mol. The van der Waals surface area contributed by atoms with Crippen molar-refractivity contribution in [1.82, 2.24) is 4.98 Å². The van der Waals surface area contributed by atoms with Crippen LogP contribution in [0.25, 0.3) is 72.0 Å². The highest BCUT2D eigenvalue weighted by Gasteiger charge is 2.15. The molecule has 0 bridgehead atoms. The van der Waals surface area contributed by atoms with Crippen LogP contribution in [0.4, 0.5) is 0 Å². The van der Waals surface area contributed by atoms with Gasteiger partial charge >= 0.3 is 0 Å². The highest BCUT2D eigenvalue weighted by molar-refractivity contribution is 6.15. The molecule has 0 spiro atoms. The second-order valence-electron chi connectivity index (χ2n) is 13.9. The van der Waals surface area contributed by atoms with E-state index in [2.05, 4.69) is 170 Å². The molecule has 9 rings (SSSR count). The normalized spacial score (nSPS) is 12.5. The van der Waals surface area contributed by atoms with E-state index in [0.717, 1.165) is 55.7 Å². The summed E-state index contributed by atoms with van der Waals surface area (Å²) in [4.78, 5) is 10.4. The Morgan fingerprint density at radius 2 is 1.20 bits per heavy atom. The van der Waals surface area contributed by atoms with Crippen LogP contribution >= 0.6 is 0 Å². The summed E-state index contributed by atoms with van der Waals surface area (Å²) in [5, 5.41) is 5.90. The zero-order chi connectivity index (χ0) is 37.0. The Morgan fingerprint density at radius 3 is 2.00 bits per heavy atom. The van der Waals surface area contributed by atoms with E-state index in [4.69, 9.17) is 15.7 Å². The summed E-state index contributed by atoms with van der Waals surface area (Å²) in [6.07, 6.45) is 4.47. The predicted molar refractivity (Wildman–Crippen MR) is 233 cm³/mol. The molecule has 1 aromatic heterocycles. The maximum atomic E-state index is 6.78. The van der Waals surface area contributed by atoms with Crippen LogP contribution < -0.4 is 5.73 Å². The van der Waals surface area contributed by atoms with E-state index >= 15 is 0 Å². The third kappa shape index (κ3) is 7.09. The first-order valence-corrected chi connectivity index (χ1v) is 18.8. The monoisotopic (exact) mass is 705 g/mol. The molecule has 0 fully saturated rings. The van der Waals surface area contributed by atoms with Crippen molar-refractivity contribution in [1.29, 1.82) is 0 Å². The van der Waals surface area contributed by atoms with Crippen LogP contribution in [0.3, 0.4) is 0 Å². The van der Waals surface area contributed by atoms with Gasteiger partial charge in [-0.25, -0.2) is 4.98 Å². The van der Waals surface area contributed by atoms with E-state index in [-0.39, 0.29) is 0 Å². The fourth-order valence-electron chi connectivity index (χ4n) is 7.53. The number of allylic oxidation sites excluding steroid dienone is 1. The summed E-state index contributed by atoms with van der Waals surface area (Å²) in [7, 11) is 0. The fourth-order valence-corrected chi connectivity index (χ4v) is 7.53. The highest BCUT2D eigenvalue weighted by Crippen LogP contribution is 2.39. The number of aromatic nitrogens is 1. The topological polar surface area (TPSA) is 51.3 Å². The van der Waals surface area contributed by atoms with Crippen molar-refractivity contribution >= 4 is 44.2 Å². The van der Waals surface area contributed by atoms with Crippen LogP contribution in [0, 0.1) is 0 Å². The zero-order valence-corrected chi connectivity index (χ0v) is 30.4. The SMILES string of the molecule is NC(/N=C(\C/C=C/c1ccccc1)c1ccccc1)c1ccc(-c2ccc3ccc4nc(-c5cccc6ccccc56)cc(-c5ccccc5)c4c3c2)cc1. The summed E-state index contributed by atoms with van der Waals surface area (Å²) in [6, 6.07) is 68.2. The number of nitrogens with two attached hydrogens (primary N) is 1.